The van der Waals surface area contributed by atoms with E-state index >= 15 is 0 Å². The van der Waals surface area contributed by atoms with Gasteiger partial charge in [0.2, 0.25) is 0 Å². The van der Waals surface area contributed by atoms with Crippen LogP contribution in [0.15, 0.2) is 30.3 Å². The van der Waals surface area contributed by atoms with Crippen molar-refractivity contribution in [1.29, 1.82) is 0 Å². The van der Waals surface area contributed by atoms with Crippen molar-refractivity contribution < 1.29 is 31.1 Å². The minimum absolute atomic E-state index is 0.00614. The monoisotopic (exact) mass is 489 g/mol. The first-order valence-electron chi connectivity index (χ1n) is 10.4. The summed E-state index contributed by atoms with van der Waals surface area (Å²) in [4.78, 5) is 21.8. The highest BCUT2D eigenvalue weighted by atomic mass is 19.4. The molecule has 34 heavy (non-hydrogen) atoms. The van der Waals surface area contributed by atoms with Crippen molar-refractivity contribution in [2.24, 2.45) is 5.84 Å². The molecule has 2 heterocycles. The third-order valence-corrected chi connectivity index (χ3v) is 5.79. The Morgan fingerprint density at radius 1 is 0.971 bits per heavy atom. The molecular weight excluding hydrogens is 464 g/mol. The summed E-state index contributed by atoms with van der Waals surface area (Å²) < 4.78 is 79.9. The van der Waals surface area contributed by atoms with Crippen LogP contribution in [0.2, 0.25) is 0 Å². The summed E-state index contributed by atoms with van der Waals surface area (Å²) in [5, 5.41) is 0.368. The van der Waals surface area contributed by atoms with E-state index in [1.54, 1.807) is 30.9 Å². The molecule has 1 amide bonds. The Labute approximate surface area is 192 Å². The number of alkyl halides is 6. The fraction of sp³-hybridized carbons (Fsp3) is 0.455. The summed E-state index contributed by atoms with van der Waals surface area (Å²) in [6, 6.07) is 3.21. The van der Waals surface area contributed by atoms with E-state index in [4.69, 9.17) is 5.84 Å². The molecule has 1 saturated heterocycles. The lowest BCUT2D eigenvalue weighted by Gasteiger charge is -2.39. The summed E-state index contributed by atoms with van der Waals surface area (Å²) >= 11 is 0. The van der Waals surface area contributed by atoms with Crippen molar-refractivity contribution >= 4 is 11.6 Å². The topological polar surface area (TPSA) is 65.7 Å². The highest BCUT2D eigenvalue weighted by molar-refractivity contribution is 5.97. The molecule has 1 aromatic heterocycles. The van der Waals surface area contributed by atoms with Crippen LogP contribution in [0.5, 0.6) is 0 Å². The fourth-order valence-corrected chi connectivity index (χ4v) is 3.89. The lowest BCUT2D eigenvalue weighted by atomic mass is 10.0. The van der Waals surface area contributed by atoms with Crippen LogP contribution in [0.25, 0.3) is 0 Å². The minimum atomic E-state index is -5.06. The van der Waals surface area contributed by atoms with Gasteiger partial charge in [0.25, 0.3) is 5.91 Å². The van der Waals surface area contributed by atoms with Gasteiger partial charge in [0.1, 0.15) is 6.04 Å². The number of hydrogen-bond donors (Lipinski definition) is 1. The Morgan fingerprint density at radius 2 is 1.50 bits per heavy atom. The number of carbonyl (C=O) groups is 1. The van der Waals surface area contributed by atoms with Crippen molar-refractivity contribution in [3.63, 3.8) is 0 Å². The third kappa shape index (κ3) is 5.68. The molecule has 1 aliphatic heterocycles. The van der Waals surface area contributed by atoms with E-state index in [0.29, 0.717) is 60.3 Å². The number of hydrazine groups is 1. The van der Waals surface area contributed by atoms with Gasteiger partial charge in [-0.3, -0.25) is 14.7 Å². The lowest BCUT2D eigenvalue weighted by Crippen LogP contribution is -2.52. The second kappa shape index (κ2) is 9.51. The molecule has 1 aromatic carbocycles. The van der Waals surface area contributed by atoms with Gasteiger partial charge < -0.3 is 4.90 Å². The molecular formula is C22H25F6N5O. The fourth-order valence-electron chi connectivity index (χ4n) is 3.89. The Kier molecular flexibility index (Phi) is 7.25. The number of rotatable bonds is 4. The van der Waals surface area contributed by atoms with Gasteiger partial charge in [0.15, 0.2) is 0 Å². The molecule has 0 aliphatic carbocycles. The van der Waals surface area contributed by atoms with Crippen molar-refractivity contribution in [2.45, 2.75) is 32.2 Å². The van der Waals surface area contributed by atoms with Gasteiger partial charge in [0, 0.05) is 43.1 Å². The first kappa shape index (κ1) is 25.9. The maximum absolute atomic E-state index is 13.5. The molecule has 1 aliphatic rings. The molecule has 12 heteroatoms. The van der Waals surface area contributed by atoms with Crippen molar-refractivity contribution in [1.82, 2.24) is 14.8 Å². The molecule has 2 N–H and O–H groups in total. The molecule has 6 nitrogen and oxygen atoms in total. The number of aryl methyl sites for hydroxylation is 2. The Balaban J connectivity index is 2.07. The lowest BCUT2D eigenvalue weighted by molar-refractivity contribution is -0.143. The zero-order chi connectivity index (χ0) is 25.4. The minimum Gasteiger partial charge on any atom is -0.304 e. The number of likely N-dealkylation sites (N-methyl/N-ethyl adjacent to an activating group) is 1. The predicted molar refractivity (Wildman–Crippen MR) is 114 cm³/mol. The quantitative estimate of drug-likeness (QED) is 0.305. The van der Waals surface area contributed by atoms with Gasteiger partial charge in [0.05, 0.1) is 16.8 Å². The number of nitrogens with two attached hydrogens (primary N) is 1. The van der Waals surface area contributed by atoms with Crippen LogP contribution < -0.4 is 10.9 Å². The second-order valence-corrected chi connectivity index (χ2v) is 8.34. The van der Waals surface area contributed by atoms with Crippen LogP contribution in [0.1, 0.15) is 34.1 Å². The first-order chi connectivity index (χ1) is 15.7. The highest BCUT2D eigenvalue weighted by Crippen LogP contribution is 2.38. The highest BCUT2D eigenvalue weighted by Gasteiger charge is 2.39. The molecule has 0 saturated carbocycles. The largest absolute Gasteiger partial charge is 0.416 e. The van der Waals surface area contributed by atoms with Crippen LogP contribution in [0.4, 0.5) is 32.0 Å². The number of benzene rings is 1. The third-order valence-electron chi connectivity index (χ3n) is 5.79. The summed E-state index contributed by atoms with van der Waals surface area (Å²) in [5.41, 5.74) is -2.11. The van der Waals surface area contributed by atoms with Crippen LogP contribution in [0.3, 0.4) is 0 Å². The van der Waals surface area contributed by atoms with Gasteiger partial charge >= 0.3 is 12.4 Å². The van der Waals surface area contributed by atoms with Gasteiger partial charge in [-0.2, -0.15) is 26.3 Å². The molecule has 2 aromatic rings. The van der Waals surface area contributed by atoms with E-state index in [-0.39, 0.29) is 6.07 Å². The standard InChI is InChI=1S/C22H25F6N5O/c1-13-4-5-18(14(2)30-13)19(32-8-6-31(3)7-9-32)20(34)33(29)17-11-15(21(23,24)25)10-16(12-17)22(26,27)28/h4-5,10-12,19H,6-9,29H2,1-3H3. The molecule has 1 fully saturated rings. The molecule has 1 unspecified atom stereocenters. The maximum Gasteiger partial charge on any atom is 0.416 e. The van der Waals surface area contributed by atoms with Crippen LogP contribution in [-0.2, 0) is 17.1 Å². The summed E-state index contributed by atoms with van der Waals surface area (Å²) in [6.45, 7) is 5.59. The van der Waals surface area contributed by atoms with Crippen molar-refractivity contribution in [3.05, 3.63) is 58.4 Å². The normalized spacial score (nSPS) is 17.0. The number of amides is 1. The summed E-state index contributed by atoms with van der Waals surface area (Å²) in [6.07, 6.45) is -10.1. The Hall–Kier alpha value is -2.70. The van der Waals surface area contributed by atoms with Crippen LogP contribution in [-0.4, -0.2) is 53.9 Å². The predicted octanol–water partition coefficient (Wildman–Crippen LogP) is 3.93. The van der Waals surface area contributed by atoms with E-state index in [1.165, 1.54) is 0 Å². The van der Waals surface area contributed by atoms with E-state index in [1.807, 2.05) is 11.9 Å². The molecule has 0 spiro atoms. The summed E-state index contributed by atoms with van der Waals surface area (Å²) in [7, 11) is 1.91. The Morgan fingerprint density at radius 3 is 1.97 bits per heavy atom. The number of pyridine rings is 1. The number of nitrogens with zero attached hydrogens (tertiary/aromatic N) is 4. The number of halogens is 6. The number of carbonyl (C=O) groups excluding carboxylic acids is 1. The zero-order valence-electron chi connectivity index (χ0n) is 18.8. The van der Waals surface area contributed by atoms with E-state index in [0.717, 1.165) is 0 Å². The van der Waals surface area contributed by atoms with Gasteiger partial charge in [-0.15, -0.1) is 0 Å². The average Bonchev–Trinajstić information content (AvgIpc) is 2.74. The Bertz CT molecular complexity index is 1010. The molecule has 1 atom stereocenters. The van der Waals surface area contributed by atoms with Gasteiger partial charge in [-0.05, 0) is 45.2 Å². The van der Waals surface area contributed by atoms with E-state index in [9.17, 15) is 31.1 Å². The summed E-state index contributed by atoms with van der Waals surface area (Å²) in [5.74, 6) is 5.05. The number of anilines is 1. The molecule has 0 radical (unpaired) electrons. The number of aromatic nitrogens is 1. The maximum atomic E-state index is 13.5. The van der Waals surface area contributed by atoms with Crippen molar-refractivity contribution in [3.8, 4) is 0 Å². The smallest absolute Gasteiger partial charge is 0.304 e. The first-order valence-corrected chi connectivity index (χ1v) is 10.4. The zero-order valence-corrected chi connectivity index (χ0v) is 18.8. The SMILES string of the molecule is Cc1ccc(C(C(=O)N(N)c2cc(C(F)(F)F)cc(C(F)(F)F)c2)N2CCN(C)CC2)c(C)n1. The molecule has 3 rings (SSSR count). The number of piperazine rings is 1. The average molecular weight is 489 g/mol. The van der Waals surface area contributed by atoms with Gasteiger partial charge in [-0.25, -0.2) is 10.9 Å². The van der Waals surface area contributed by atoms with Gasteiger partial charge in [-0.1, -0.05) is 6.07 Å². The van der Waals surface area contributed by atoms with E-state index < -0.39 is 41.1 Å². The van der Waals surface area contributed by atoms with Crippen LogP contribution >= 0.6 is 0 Å². The molecule has 186 valence electrons. The molecule has 0 bridgehead atoms. The second-order valence-electron chi connectivity index (χ2n) is 8.34. The van der Waals surface area contributed by atoms with E-state index in [2.05, 4.69) is 4.98 Å². The number of hydrogen-bond acceptors (Lipinski definition) is 5. The van der Waals surface area contributed by atoms with Crippen LogP contribution in [0, 0.1) is 13.8 Å². The van der Waals surface area contributed by atoms with Crippen molar-refractivity contribution in [2.75, 3.05) is 38.2 Å².